The first-order valence-electron chi connectivity index (χ1n) is 6.50. The summed E-state index contributed by atoms with van der Waals surface area (Å²) < 4.78 is 12.5. The fourth-order valence-electron chi connectivity index (χ4n) is 2.33. The topological polar surface area (TPSA) is 37.3 Å². The van der Waals surface area contributed by atoms with E-state index in [4.69, 9.17) is 0 Å². The van der Waals surface area contributed by atoms with Crippen LogP contribution in [0.1, 0.15) is 37.9 Å². The fourth-order valence-corrected chi connectivity index (χ4v) is 4.60. The first-order valence-corrected chi connectivity index (χ1v) is 8.41. The van der Waals surface area contributed by atoms with Crippen LogP contribution >= 0.6 is 7.37 Å². The number of allylic oxidation sites excluding steroid dienone is 1. The maximum Gasteiger partial charge on any atom is 0.211 e. The molecule has 0 spiro atoms. The van der Waals surface area contributed by atoms with Crippen molar-refractivity contribution in [1.82, 2.24) is 0 Å². The standard InChI is InChI=1S/C15H23O2P/c1-4-9-13(3)12-18(16,17)15(5-2)14-10-7-6-8-11-14/h5-8,10-11,13,15H,2,4,9,12H2,1,3H3,(H,16,17). The first-order chi connectivity index (χ1) is 8.51. The van der Waals surface area contributed by atoms with Gasteiger partial charge in [-0.1, -0.05) is 63.1 Å². The largest absolute Gasteiger partial charge is 0.344 e. The summed E-state index contributed by atoms with van der Waals surface area (Å²) in [5.41, 5.74) is 0.431. The van der Waals surface area contributed by atoms with Crippen LogP contribution < -0.4 is 0 Å². The molecule has 0 aromatic heterocycles. The van der Waals surface area contributed by atoms with Gasteiger partial charge in [0.2, 0.25) is 7.37 Å². The van der Waals surface area contributed by atoms with E-state index in [9.17, 15) is 9.46 Å². The second-order valence-electron chi connectivity index (χ2n) is 4.92. The molecule has 18 heavy (non-hydrogen) atoms. The van der Waals surface area contributed by atoms with E-state index in [1.807, 2.05) is 37.3 Å². The van der Waals surface area contributed by atoms with Gasteiger partial charge in [0.25, 0.3) is 0 Å². The molecule has 1 aromatic carbocycles. The van der Waals surface area contributed by atoms with Gasteiger partial charge in [-0.05, 0) is 11.5 Å². The Morgan fingerprint density at radius 1 is 1.39 bits per heavy atom. The van der Waals surface area contributed by atoms with E-state index in [0.717, 1.165) is 18.4 Å². The zero-order chi connectivity index (χ0) is 13.6. The minimum Gasteiger partial charge on any atom is -0.344 e. The third-order valence-electron chi connectivity index (χ3n) is 3.15. The van der Waals surface area contributed by atoms with Crippen molar-refractivity contribution in [1.29, 1.82) is 0 Å². The van der Waals surface area contributed by atoms with Gasteiger partial charge in [-0.3, -0.25) is 4.57 Å². The van der Waals surface area contributed by atoms with E-state index in [0.29, 0.717) is 6.16 Å². The van der Waals surface area contributed by atoms with Gasteiger partial charge in [0.1, 0.15) is 0 Å². The number of benzene rings is 1. The summed E-state index contributed by atoms with van der Waals surface area (Å²) >= 11 is 0. The first kappa shape index (κ1) is 15.2. The monoisotopic (exact) mass is 266 g/mol. The molecule has 2 nitrogen and oxygen atoms in total. The second-order valence-corrected chi connectivity index (χ2v) is 7.36. The number of hydrogen-bond acceptors (Lipinski definition) is 1. The summed E-state index contributed by atoms with van der Waals surface area (Å²) in [7, 11) is -3.23. The van der Waals surface area contributed by atoms with E-state index in [1.165, 1.54) is 0 Å². The summed E-state index contributed by atoms with van der Waals surface area (Å²) in [6.45, 7) is 7.86. The van der Waals surface area contributed by atoms with Crippen LogP contribution in [-0.4, -0.2) is 11.1 Å². The van der Waals surface area contributed by atoms with Gasteiger partial charge in [0.15, 0.2) is 0 Å². The third-order valence-corrected chi connectivity index (χ3v) is 5.68. The highest BCUT2D eigenvalue weighted by Crippen LogP contribution is 2.57. The van der Waals surface area contributed by atoms with Crippen LogP contribution in [0.5, 0.6) is 0 Å². The van der Waals surface area contributed by atoms with Gasteiger partial charge >= 0.3 is 0 Å². The lowest BCUT2D eigenvalue weighted by atomic mass is 10.1. The zero-order valence-electron chi connectivity index (χ0n) is 11.2. The van der Waals surface area contributed by atoms with Gasteiger partial charge in [0, 0.05) is 6.16 Å². The Hall–Kier alpha value is -0.850. The Balaban J connectivity index is 2.87. The highest BCUT2D eigenvalue weighted by atomic mass is 31.2. The quantitative estimate of drug-likeness (QED) is 0.577. The molecule has 0 saturated heterocycles. The normalized spacial score (nSPS) is 17.7. The van der Waals surface area contributed by atoms with Crippen molar-refractivity contribution in [3.8, 4) is 0 Å². The Kier molecular flexibility index (Phi) is 5.84. The SMILES string of the molecule is C=CC(c1ccccc1)P(=O)(O)CC(C)CCC. The highest BCUT2D eigenvalue weighted by Gasteiger charge is 2.31. The Morgan fingerprint density at radius 2 is 2.00 bits per heavy atom. The van der Waals surface area contributed by atoms with E-state index < -0.39 is 13.0 Å². The second kappa shape index (κ2) is 6.92. The van der Waals surface area contributed by atoms with Crippen LogP contribution in [-0.2, 0) is 4.57 Å². The van der Waals surface area contributed by atoms with Crippen molar-refractivity contribution in [2.45, 2.75) is 32.3 Å². The van der Waals surface area contributed by atoms with E-state index in [1.54, 1.807) is 6.08 Å². The average Bonchev–Trinajstić information content (AvgIpc) is 2.30. The number of hydrogen-bond donors (Lipinski definition) is 1. The minimum absolute atomic E-state index is 0.275. The van der Waals surface area contributed by atoms with Crippen molar-refractivity contribution >= 4 is 7.37 Å². The maximum absolute atomic E-state index is 12.5. The molecule has 3 atom stereocenters. The van der Waals surface area contributed by atoms with Crippen LogP contribution in [0.3, 0.4) is 0 Å². The number of rotatable bonds is 7. The van der Waals surface area contributed by atoms with Crippen molar-refractivity contribution in [3.05, 3.63) is 48.6 Å². The molecule has 0 aliphatic rings. The van der Waals surface area contributed by atoms with E-state index >= 15 is 0 Å². The summed E-state index contributed by atoms with van der Waals surface area (Å²) in [5.74, 6) is 0.275. The Bertz CT molecular complexity index is 414. The molecule has 1 aromatic rings. The molecule has 3 unspecified atom stereocenters. The van der Waals surface area contributed by atoms with Gasteiger partial charge in [-0.25, -0.2) is 0 Å². The van der Waals surface area contributed by atoms with Crippen LogP contribution in [0.15, 0.2) is 43.0 Å². The van der Waals surface area contributed by atoms with Crippen molar-refractivity contribution in [2.24, 2.45) is 5.92 Å². The van der Waals surface area contributed by atoms with Crippen molar-refractivity contribution < 1.29 is 9.46 Å². The molecule has 0 radical (unpaired) electrons. The lowest BCUT2D eigenvalue weighted by Crippen LogP contribution is -2.07. The van der Waals surface area contributed by atoms with Gasteiger partial charge in [-0.15, -0.1) is 6.58 Å². The van der Waals surface area contributed by atoms with Crippen LogP contribution in [0.25, 0.3) is 0 Å². The minimum atomic E-state index is -3.23. The summed E-state index contributed by atoms with van der Waals surface area (Å²) in [6.07, 6.45) is 4.01. The molecule has 0 saturated carbocycles. The van der Waals surface area contributed by atoms with Gasteiger partial charge < -0.3 is 4.89 Å². The Morgan fingerprint density at radius 3 is 2.50 bits per heavy atom. The van der Waals surface area contributed by atoms with Crippen molar-refractivity contribution in [2.75, 3.05) is 6.16 Å². The van der Waals surface area contributed by atoms with Crippen molar-refractivity contribution in [3.63, 3.8) is 0 Å². The maximum atomic E-state index is 12.5. The third kappa shape index (κ3) is 4.12. The van der Waals surface area contributed by atoms with Gasteiger partial charge in [0.05, 0.1) is 5.66 Å². The average molecular weight is 266 g/mol. The molecule has 0 aliphatic heterocycles. The molecule has 0 heterocycles. The molecule has 0 bridgehead atoms. The molecule has 0 amide bonds. The summed E-state index contributed by atoms with van der Waals surface area (Å²) in [6, 6.07) is 9.47. The lowest BCUT2D eigenvalue weighted by Gasteiger charge is -2.23. The molecule has 1 rings (SSSR count). The fraction of sp³-hybridized carbons (Fsp3) is 0.467. The molecular formula is C15H23O2P. The smallest absolute Gasteiger partial charge is 0.211 e. The molecular weight excluding hydrogens is 243 g/mol. The Labute approximate surface area is 110 Å². The van der Waals surface area contributed by atoms with Crippen LogP contribution in [0.2, 0.25) is 0 Å². The van der Waals surface area contributed by atoms with Gasteiger partial charge in [-0.2, -0.15) is 0 Å². The molecule has 0 aliphatic carbocycles. The van der Waals surface area contributed by atoms with Crippen LogP contribution in [0, 0.1) is 5.92 Å². The van der Waals surface area contributed by atoms with E-state index in [2.05, 4.69) is 13.5 Å². The highest BCUT2D eigenvalue weighted by molar-refractivity contribution is 7.58. The predicted octanol–water partition coefficient (Wildman–Crippen LogP) is 4.62. The van der Waals surface area contributed by atoms with Crippen LogP contribution in [0.4, 0.5) is 0 Å². The molecule has 1 N–H and O–H groups in total. The molecule has 100 valence electrons. The van der Waals surface area contributed by atoms with E-state index in [-0.39, 0.29) is 5.92 Å². The molecule has 3 heteroatoms. The lowest BCUT2D eigenvalue weighted by molar-refractivity contribution is 0.452. The summed E-state index contributed by atoms with van der Waals surface area (Å²) in [4.78, 5) is 10.3. The molecule has 0 fully saturated rings. The summed E-state index contributed by atoms with van der Waals surface area (Å²) in [5, 5.41) is 0. The zero-order valence-corrected chi connectivity index (χ0v) is 12.1. The predicted molar refractivity (Wildman–Crippen MR) is 78.1 cm³/mol.